The van der Waals surface area contributed by atoms with Crippen LogP contribution in [0.5, 0.6) is 0 Å². The van der Waals surface area contributed by atoms with Crippen molar-refractivity contribution in [1.29, 1.82) is 0 Å². The molecule has 0 bridgehead atoms. The summed E-state index contributed by atoms with van der Waals surface area (Å²) in [6, 6.07) is 0. The molecule has 0 amide bonds. The van der Waals surface area contributed by atoms with E-state index in [1.54, 1.807) is 0 Å². The zero-order chi connectivity index (χ0) is 13.2. The molecule has 1 saturated carbocycles. The van der Waals surface area contributed by atoms with E-state index in [4.69, 9.17) is 0 Å². The zero-order valence-corrected chi connectivity index (χ0v) is 15.3. The van der Waals surface area contributed by atoms with E-state index >= 15 is 0 Å². The Bertz CT molecular complexity index is 332. The van der Waals surface area contributed by atoms with Gasteiger partial charge in [-0.15, -0.1) is 24.0 Å². The molecule has 6 heteroatoms. The maximum Gasteiger partial charge on any atom is 0.193 e. The van der Waals surface area contributed by atoms with Crippen molar-refractivity contribution in [3.8, 4) is 0 Å². The van der Waals surface area contributed by atoms with Gasteiger partial charge in [-0.05, 0) is 33.1 Å². The smallest absolute Gasteiger partial charge is 0.193 e. The van der Waals surface area contributed by atoms with E-state index in [2.05, 4.69) is 29.1 Å². The fourth-order valence-electron chi connectivity index (χ4n) is 2.53. The Morgan fingerprint density at radius 2 is 2.11 bits per heavy atom. The molecule has 0 aromatic heterocycles. The lowest BCUT2D eigenvalue weighted by Gasteiger charge is -2.41. The van der Waals surface area contributed by atoms with E-state index in [1.165, 1.54) is 0 Å². The molecular weight excluding hydrogens is 373 g/mol. The van der Waals surface area contributed by atoms with Crippen LogP contribution in [0.2, 0.25) is 0 Å². The monoisotopic (exact) mass is 399 g/mol. The van der Waals surface area contributed by atoms with Gasteiger partial charge < -0.3 is 15.3 Å². The van der Waals surface area contributed by atoms with Crippen LogP contribution in [0.4, 0.5) is 0 Å². The van der Waals surface area contributed by atoms with E-state index < -0.39 is 5.60 Å². The average molecular weight is 399 g/mol. The number of nitrogens with one attached hydrogen (secondary N) is 1. The Morgan fingerprint density at radius 1 is 1.42 bits per heavy atom. The van der Waals surface area contributed by atoms with Gasteiger partial charge in [-0.25, -0.2) is 0 Å². The summed E-state index contributed by atoms with van der Waals surface area (Å²) in [5.41, 5.74) is -0.490. The molecule has 2 aliphatic rings. The molecule has 2 N–H and O–H groups in total. The highest BCUT2D eigenvalue weighted by molar-refractivity contribution is 14.0. The third kappa shape index (κ3) is 4.67. The number of rotatable bonds is 2. The first-order valence-corrected chi connectivity index (χ1v) is 7.75. The van der Waals surface area contributed by atoms with Gasteiger partial charge in [-0.1, -0.05) is 0 Å². The normalized spacial score (nSPS) is 25.3. The van der Waals surface area contributed by atoms with Crippen LogP contribution in [0.3, 0.4) is 0 Å². The fraction of sp³-hybridized carbons (Fsp3) is 0.923. The molecule has 0 spiro atoms. The zero-order valence-electron chi connectivity index (χ0n) is 12.1. The van der Waals surface area contributed by atoms with Gasteiger partial charge in [0.1, 0.15) is 0 Å². The van der Waals surface area contributed by atoms with Crippen molar-refractivity contribution in [2.45, 2.75) is 43.5 Å². The lowest BCUT2D eigenvalue weighted by molar-refractivity contribution is -0.0283. The summed E-state index contributed by atoms with van der Waals surface area (Å²) in [6.45, 7) is 7.22. The van der Waals surface area contributed by atoms with Crippen molar-refractivity contribution in [3.63, 3.8) is 0 Å². The second-order valence-corrected chi connectivity index (χ2v) is 7.81. The average Bonchev–Trinajstić information content (AvgIpc) is 2.26. The van der Waals surface area contributed by atoms with Crippen molar-refractivity contribution in [2.24, 2.45) is 4.99 Å². The first kappa shape index (κ1) is 17.4. The molecule has 0 aromatic rings. The summed E-state index contributed by atoms with van der Waals surface area (Å²) < 4.78 is 0.281. The van der Waals surface area contributed by atoms with Crippen LogP contribution in [0, 0.1) is 0 Å². The number of nitrogens with zero attached hydrogens (tertiary/aromatic N) is 2. The molecule has 0 atom stereocenters. The number of halogens is 1. The lowest BCUT2D eigenvalue weighted by Crippen LogP contribution is -2.55. The first-order valence-electron chi connectivity index (χ1n) is 6.76. The molecule has 1 aliphatic carbocycles. The van der Waals surface area contributed by atoms with Gasteiger partial charge in [-0.2, -0.15) is 11.8 Å². The van der Waals surface area contributed by atoms with Crippen LogP contribution in [-0.4, -0.2) is 58.7 Å². The molecule has 2 fully saturated rings. The number of hydrogen-bond donors (Lipinski definition) is 2. The maximum absolute atomic E-state index is 10.1. The van der Waals surface area contributed by atoms with E-state index in [1.807, 2.05) is 18.8 Å². The molecule has 4 nitrogen and oxygen atoms in total. The van der Waals surface area contributed by atoms with Gasteiger partial charge in [0.15, 0.2) is 5.96 Å². The van der Waals surface area contributed by atoms with E-state index in [9.17, 15) is 5.11 Å². The fourth-order valence-corrected chi connectivity index (χ4v) is 3.65. The summed E-state index contributed by atoms with van der Waals surface area (Å²) in [5.74, 6) is 2.07. The van der Waals surface area contributed by atoms with Gasteiger partial charge in [0, 0.05) is 37.2 Å². The summed E-state index contributed by atoms with van der Waals surface area (Å²) in [4.78, 5) is 6.65. The van der Waals surface area contributed by atoms with Crippen LogP contribution < -0.4 is 5.32 Å². The molecule has 19 heavy (non-hydrogen) atoms. The molecule has 112 valence electrons. The van der Waals surface area contributed by atoms with Gasteiger partial charge in [0.05, 0.1) is 5.60 Å². The molecule has 2 rings (SSSR count). The van der Waals surface area contributed by atoms with Crippen molar-refractivity contribution >= 4 is 41.7 Å². The van der Waals surface area contributed by atoms with Crippen LogP contribution in [-0.2, 0) is 0 Å². The van der Waals surface area contributed by atoms with Crippen LogP contribution in [0.1, 0.15) is 33.1 Å². The lowest BCUT2D eigenvalue weighted by atomic mass is 9.80. The minimum atomic E-state index is -0.490. The Morgan fingerprint density at radius 3 is 2.58 bits per heavy atom. The highest BCUT2D eigenvalue weighted by Crippen LogP contribution is 2.31. The van der Waals surface area contributed by atoms with Gasteiger partial charge in [0.2, 0.25) is 0 Å². The third-order valence-electron chi connectivity index (χ3n) is 3.80. The number of hydrogen-bond acceptors (Lipinski definition) is 3. The molecule has 1 aliphatic heterocycles. The highest BCUT2D eigenvalue weighted by atomic mass is 127. The summed E-state index contributed by atoms with van der Waals surface area (Å²) in [6.07, 6.45) is 2.97. The second kappa shape index (κ2) is 6.85. The van der Waals surface area contributed by atoms with Crippen molar-refractivity contribution in [1.82, 2.24) is 10.2 Å². The Kier molecular flexibility index (Phi) is 6.26. The van der Waals surface area contributed by atoms with Crippen LogP contribution in [0.25, 0.3) is 0 Å². The highest BCUT2D eigenvalue weighted by Gasteiger charge is 2.35. The van der Waals surface area contributed by atoms with Crippen molar-refractivity contribution < 1.29 is 5.11 Å². The van der Waals surface area contributed by atoms with Crippen LogP contribution in [0.15, 0.2) is 4.99 Å². The quantitative estimate of drug-likeness (QED) is 0.423. The molecular formula is C13H26IN3OS. The van der Waals surface area contributed by atoms with Gasteiger partial charge in [-0.3, -0.25) is 4.99 Å². The van der Waals surface area contributed by atoms with Gasteiger partial charge in [0.25, 0.3) is 0 Å². The molecule has 1 saturated heterocycles. The van der Waals surface area contributed by atoms with E-state index in [0.717, 1.165) is 44.1 Å². The Hall–Kier alpha value is 0.310. The van der Waals surface area contributed by atoms with Crippen molar-refractivity contribution in [3.05, 3.63) is 0 Å². The molecule has 0 radical (unpaired) electrons. The Labute approximate surface area is 137 Å². The number of aliphatic hydroxyl groups is 1. The molecule has 1 heterocycles. The maximum atomic E-state index is 10.1. The molecule has 0 unspecified atom stereocenters. The third-order valence-corrected chi connectivity index (χ3v) is 5.09. The predicted octanol–water partition coefficient (Wildman–Crippen LogP) is 1.92. The Balaban J connectivity index is 0.00000180. The van der Waals surface area contributed by atoms with Crippen molar-refractivity contribution in [2.75, 3.05) is 32.4 Å². The second-order valence-electron chi connectivity index (χ2n) is 6.01. The summed E-state index contributed by atoms with van der Waals surface area (Å²) in [7, 11) is 1.82. The largest absolute Gasteiger partial charge is 0.388 e. The van der Waals surface area contributed by atoms with E-state index in [-0.39, 0.29) is 28.7 Å². The first-order chi connectivity index (χ1) is 8.44. The minimum absolute atomic E-state index is 0. The van der Waals surface area contributed by atoms with Gasteiger partial charge >= 0.3 is 0 Å². The van der Waals surface area contributed by atoms with E-state index in [0.29, 0.717) is 6.54 Å². The topological polar surface area (TPSA) is 47.9 Å². The number of thioether (sulfide) groups is 1. The minimum Gasteiger partial charge on any atom is -0.388 e. The number of aliphatic imine (C=N–C) groups is 1. The standard InChI is InChI=1S/C13H25N3OS.HI/c1-12(2)10-16(7-8-18-12)11(14-3)15-9-13(17)5-4-6-13;/h17H,4-10H2,1-3H3,(H,14,15);1H. The summed E-state index contributed by atoms with van der Waals surface area (Å²) >= 11 is 2.02. The summed E-state index contributed by atoms with van der Waals surface area (Å²) in [5, 5.41) is 13.5. The predicted molar refractivity (Wildman–Crippen MR) is 93.7 cm³/mol. The molecule has 0 aromatic carbocycles. The SMILES string of the molecule is CN=C(NCC1(O)CCC1)N1CCSC(C)(C)C1.I. The van der Waals surface area contributed by atoms with Crippen LogP contribution >= 0.6 is 35.7 Å². The number of guanidine groups is 1.